The highest BCUT2D eigenvalue weighted by Gasteiger charge is 2.96. The topological polar surface area (TPSA) is 58.2 Å². The molecule has 0 radical (unpaired) electrons. The van der Waals surface area contributed by atoms with Crippen LogP contribution in [0.25, 0.3) is 0 Å². The summed E-state index contributed by atoms with van der Waals surface area (Å²) in [4.78, 5) is 22.2. The summed E-state index contributed by atoms with van der Waals surface area (Å²) in [6, 6.07) is 0. The lowest BCUT2D eigenvalue weighted by Gasteiger charge is -2.42. The first-order chi connectivity index (χ1) is 22.9. The van der Waals surface area contributed by atoms with Gasteiger partial charge in [-0.2, -0.15) is 123 Å². The maximum atomic E-state index is 13.7. The molecule has 54 heavy (non-hydrogen) atoms. The first-order valence-electron chi connectivity index (χ1n) is 11.4. The van der Waals surface area contributed by atoms with E-state index in [0.717, 1.165) is 0 Å². The SMILES string of the molecule is O=C(NNC(=O)C(F)(F)C(F)(F)C(F)(F)C(F)(F)C(F)(F)C(F)(F)C(F)(F)C(F)F)C(F)(F)C(F)(F)C(F)(F)C(F)(F)C(F)(F)C(F)(F)C(F)(F)C(F)F. The van der Waals surface area contributed by atoms with E-state index in [-0.39, 0.29) is 0 Å². The van der Waals surface area contributed by atoms with E-state index in [1.807, 2.05) is 0 Å². The molecule has 0 saturated carbocycles. The van der Waals surface area contributed by atoms with E-state index in [0.29, 0.717) is 0 Å². The summed E-state index contributed by atoms with van der Waals surface area (Å²) in [5.74, 6) is -133. The smallest absolute Gasteiger partial charge is 0.266 e. The molecule has 36 heteroatoms. The fourth-order valence-electron chi connectivity index (χ4n) is 2.83. The van der Waals surface area contributed by atoms with Gasteiger partial charge in [0.15, 0.2) is 0 Å². The summed E-state index contributed by atoms with van der Waals surface area (Å²) in [7, 11) is 0. The van der Waals surface area contributed by atoms with Gasteiger partial charge in [0.05, 0.1) is 0 Å². The van der Waals surface area contributed by atoms with Crippen LogP contribution in [0, 0.1) is 0 Å². The fraction of sp³-hybridized carbons (Fsp3) is 0.889. The van der Waals surface area contributed by atoms with Gasteiger partial charge in [-0.3, -0.25) is 20.4 Å². The molecule has 0 atom stereocenters. The number of halogens is 32. The third-order valence-electron chi connectivity index (χ3n) is 6.19. The van der Waals surface area contributed by atoms with Crippen LogP contribution in [0.2, 0.25) is 0 Å². The first kappa shape index (κ1) is 50.7. The molecule has 0 unspecified atom stereocenters. The van der Waals surface area contributed by atoms with Gasteiger partial charge in [0.1, 0.15) is 0 Å². The largest absolute Gasteiger partial charge is 0.394 e. The molecule has 0 aliphatic rings. The van der Waals surface area contributed by atoms with Crippen molar-refractivity contribution >= 4 is 11.8 Å². The highest BCUT2D eigenvalue weighted by Crippen LogP contribution is 2.64. The lowest BCUT2D eigenvalue weighted by Crippen LogP contribution is -2.76. The van der Waals surface area contributed by atoms with E-state index >= 15 is 0 Å². The highest BCUT2D eigenvalue weighted by molar-refractivity contribution is 5.90. The molecule has 0 aliphatic carbocycles. The average Bonchev–Trinajstić information content (AvgIpc) is 2.97. The van der Waals surface area contributed by atoms with Crippen LogP contribution in [0.15, 0.2) is 0 Å². The molecule has 0 rings (SSSR count). The van der Waals surface area contributed by atoms with Gasteiger partial charge in [0.25, 0.3) is 0 Å². The van der Waals surface area contributed by atoms with Gasteiger partial charge in [-0.15, -0.1) is 0 Å². The molecule has 0 bridgehead atoms. The van der Waals surface area contributed by atoms with Gasteiger partial charge < -0.3 is 0 Å². The number of rotatable bonds is 16. The quantitative estimate of drug-likeness (QED) is 0.121. The summed E-state index contributed by atoms with van der Waals surface area (Å²) in [6.45, 7) is 0. The molecule has 0 saturated heterocycles. The van der Waals surface area contributed by atoms with Crippen LogP contribution in [0.3, 0.4) is 0 Å². The minimum absolute atomic E-state index is 1.08. The molecule has 0 spiro atoms. The van der Waals surface area contributed by atoms with Crippen LogP contribution in [-0.2, 0) is 9.59 Å². The second-order valence-electron chi connectivity index (χ2n) is 9.65. The predicted molar refractivity (Wildman–Crippen MR) is 97.6 cm³/mol. The predicted octanol–water partition coefficient (Wildman–Crippen LogP) is 8.56. The van der Waals surface area contributed by atoms with E-state index < -0.39 is 118 Å². The van der Waals surface area contributed by atoms with Crippen LogP contribution in [-0.4, -0.2) is 108 Å². The van der Waals surface area contributed by atoms with Gasteiger partial charge in [0, 0.05) is 0 Å². The van der Waals surface area contributed by atoms with E-state index in [2.05, 4.69) is 0 Å². The zero-order valence-corrected chi connectivity index (χ0v) is 23.1. The van der Waals surface area contributed by atoms with E-state index in [1.165, 1.54) is 0 Å². The number of hydrogen-bond donors (Lipinski definition) is 2. The zero-order valence-electron chi connectivity index (χ0n) is 23.1. The van der Waals surface area contributed by atoms with Crippen molar-refractivity contribution in [2.45, 2.75) is 95.8 Å². The van der Waals surface area contributed by atoms with E-state index in [4.69, 9.17) is 0 Å². The van der Waals surface area contributed by atoms with Crippen molar-refractivity contribution < 1.29 is 150 Å². The van der Waals surface area contributed by atoms with Gasteiger partial charge in [-0.25, -0.2) is 17.6 Å². The molecule has 0 aromatic carbocycles. The van der Waals surface area contributed by atoms with Gasteiger partial charge >= 0.3 is 108 Å². The lowest BCUT2D eigenvalue weighted by atomic mass is 9.89. The van der Waals surface area contributed by atoms with E-state index in [9.17, 15) is 150 Å². The maximum Gasteiger partial charge on any atom is 0.394 e. The Morgan fingerprint density at radius 2 is 0.426 bits per heavy atom. The molecule has 2 amide bonds. The van der Waals surface area contributed by atoms with Gasteiger partial charge in [-0.05, 0) is 0 Å². The zero-order chi connectivity index (χ0) is 44.7. The summed E-state index contributed by atoms with van der Waals surface area (Å²) < 4.78 is 424. The van der Waals surface area contributed by atoms with Gasteiger partial charge in [-0.1, -0.05) is 0 Å². The molecule has 0 aromatic heterocycles. The maximum absolute atomic E-state index is 13.7. The second-order valence-corrected chi connectivity index (χ2v) is 9.65. The molecule has 4 nitrogen and oxygen atoms in total. The molecule has 0 aliphatic heterocycles. The number of carbonyl (C=O) groups is 2. The van der Waals surface area contributed by atoms with Crippen molar-refractivity contribution in [3.05, 3.63) is 0 Å². The third-order valence-corrected chi connectivity index (χ3v) is 6.19. The lowest BCUT2D eigenvalue weighted by molar-refractivity contribution is -0.444. The summed E-state index contributed by atoms with van der Waals surface area (Å²) in [5, 5.41) is 0. The molecule has 0 heterocycles. The van der Waals surface area contributed by atoms with Crippen LogP contribution in [0.4, 0.5) is 140 Å². The number of alkyl halides is 32. The molecular formula is C18H4F32N2O2. The Balaban J connectivity index is 6.83. The minimum Gasteiger partial charge on any atom is -0.266 e. The summed E-state index contributed by atoms with van der Waals surface area (Å²) >= 11 is 0. The Labute approximate surface area is 270 Å². The van der Waals surface area contributed by atoms with Crippen LogP contribution >= 0.6 is 0 Å². The Morgan fingerprint density at radius 1 is 0.278 bits per heavy atom. The molecule has 322 valence electrons. The summed E-state index contributed by atoms with van der Waals surface area (Å²) in [6.07, 6.45) is -12.6. The molecule has 0 fully saturated rings. The van der Waals surface area contributed by atoms with Gasteiger partial charge in [0.2, 0.25) is 0 Å². The number of amides is 2. The van der Waals surface area contributed by atoms with E-state index in [1.54, 1.807) is 0 Å². The first-order valence-corrected chi connectivity index (χ1v) is 11.4. The fourth-order valence-corrected chi connectivity index (χ4v) is 2.83. The Kier molecular flexibility index (Phi) is 12.3. The van der Waals surface area contributed by atoms with Crippen molar-refractivity contribution in [3.63, 3.8) is 0 Å². The van der Waals surface area contributed by atoms with Crippen molar-refractivity contribution in [1.29, 1.82) is 0 Å². The van der Waals surface area contributed by atoms with Crippen molar-refractivity contribution in [3.8, 4) is 0 Å². The molecule has 0 aromatic rings. The number of hydrazine groups is 1. The van der Waals surface area contributed by atoms with Crippen molar-refractivity contribution in [2.24, 2.45) is 0 Å². The third kappa shape index (κ3) is 6.20. The number of hydrogen-bond acceptors (Lipinski definition) is 2. The molecular weight excluding hydrogens is 884 g/mol. The minimum atomic E-state index is -9.23. The Bertz CT molecular complexity index is 1290. The number of nitrogens with one attached hydrogen (secondary N) is 2. The van der Waals surface area contributed by atoms with Crippen molar-refractivity contribution in [1.82, 2.24) is 10.9 Å². The van der Waals surface area contributed by atoms with Crippen LogP contribution in [0.5, 0.6) is 0 Å². The number of carbonyl (C=O) groups excluding carboxylic acids is 2. The van der Waals surface area contributed by atoms with Crippen LogP contribution < -0.4 is 10.9 Å². The summed E-state index contributed by atoms with van der Waals surface area (Å²) in [5.41, 5.74) is -2.16. The monoisotopic (exact) mass is 888 g/mol. The standard InChI is InChI=1S/C18H4F32N2O2/c19-1(20)5(23,24)9(31,32)13(39,40)17(47,48)15(43,44)11(35,36)7(27,28)3(53)51-52-4(54)8(29,30)12(37,38)16(45,46)18(49,50)14(41,42)10(33,34)6(25,26)2(21)22/h1-2H,(H,51,53)(H,52,54). The van der Waals surface area contributed by atoms with Crippen molar-refractivity contribution in [2.75, 3.05) is 0 Å². The van der Waals surface area contributed by atoms with Crippen LogP contribution in [0.1, 0.15) is 0 Å². The average molecular weight is 888 g/mol. The molecule has 2 N–H and O–H groups in total. The normalized spacial score (nSPS) is 16.3. The second kappa shape index (κ2) is 13.1. The Hall–Kier alpha value is -3.30. The highest BCUT2D eigenvalue weighted by atomic mass is 19.4. The Morgan fingerprint density at radius 3 is 0.593 bits per heavy atom.